The van der Waals surface area contributed by atoms with Gasteiger partial charge in [-0.1, -0.05) is 0 Å². The number of hydrogen-bond acceptors (Lipinski definition) is 2. The van der Waals surface area contributed by atoms with Gasteiger partial charge >= 0.3 is 124 Å². The van der Waals surface area contributed by atoms with Crippen LogP contribution in [-0.4, -0.2) is 38.9 Å². The molecule has 3 nitrogen and oxygen atoms in total. The number of nitrogens with zero attached hydrogens (tertiary/aromatic N) is 1. The number of aromatic nitrogens is 1. The fraction of sp³-hybridized carbons (Fsp3) is 0.533. The van der Waals surface area contributed by atoms with Crippen LogP contribution in [0.25, 0.3) is 8.92 Å². The fourth-order valence-electron chi connectivity index (χ4n) is 2.61. The summed E-state index contributed by atoms with van der Waals surface area (Å²) in [5, 5.41) is 0. The molecule has 1 aliphatic rings. The van der Waals surface area contributed by atoms with Gasteiger partial charge in [-0.05, 0) is 0 Å². The quantitative estimate of drug-likeness (QED) is 0.308. The van der Waals surface area contributed by atoms with Crippen molar-refractivity contribution in [3.05, 3.63) is 28.0 Å². The second-order valence-corrected chi connectivity index (χ2v) is 9.00. The van der Waals surface area contributed by atoms with E-state index in [2.05, 4.69) is 35.8 Å². The smallest absolute Gasteiger partial charge is 1.00 e. The first-order chi connectivity index (χ1) is 9.05. The Bertz CT molecular complexity index is 597. The third-order valence-electron chi connectivity index (χ3n) is 3.54. The van der Waals surface area contributed by atoms with Crippen molar-refractivity contribution in [2.75, 3.05) is 6.61 Å². The third-order valence-corrected chi connectivity index (χ3v) is 6.62. The van der Waals surface area contributed by atoms with Crippen molar-refractivity contribution < 1.29 is 38.0 Å². The minimum Gasteiger partial charge on any atom is -1.00 e. The molecule has 0 amide bonds. The fourth-order valence-corrected chi connectivity index (χ4v) is 5.60. The van der Waals surface area contributed by atoms with Gasteiger partial charge in [0.15, 0.2) is 0 Å². The van der Waals surface area contributed by atoms with Crippen LogP contribution in [0.2, 0.25) is 0 Å². The molecule has 0 spiro atoms. The average Bonchev–Trinajstić information content (AvgIpc) is 2.86. The van der Waals surface area contributed by atoms with Gasteiger partial charge in [0, 0.05) is 0 Å². The molecule has 5 heteroatoms. The van der Waals surface area contributed by atoms with Crippen LogP contribution in [0.15, 0.2) is 24.3 Å². The molecule has 1 fully saturated rings. The van der Waals surface area contributed by atoms with E-state index >= 15 is 0 Å². The van der Waals surface area contributed by atoms with Crippen LogP contribution in [0.5, 0.6) is 0 Å². The Morgan fingerprint density at radius 2 is 2.10 bits per heavy atom. The Kier molecular flexibility index (Phi) is 5.52. The van der Waals surface area contributed by atoms with Crippen molar-refractivity contribution in [3.8, 4) is 0 Å². The second kappa shape index (κ2) is 6.62. The van der Waals surface area contributed by atoms with E-state index in [1.807, 2.05) is 13.8 Å². The Hall–Kier alpha value is 0.330. The summed E-state index contributed by atoms with van der Waals surface area (Å²) in [7, 11) is 0. The standard InChI is InChI=1S/C15H20NO2Te.HI/c1-11-16(13-6-4-5-7-14(13)19-11)9-8-12-10-17-15(2,3)18-12;/h4-7,12H,8-10H2,1-3H3;1H/q+1;/p-1. The van der Waals surface area contributed by atoms with Crippen LogP contribution in [0.1, 0.15) is 24.0 Å². The second-order valence-electron chi connectivity index (χ2n) is 5.48. The van der Waals surface area contributed by atoms with E-state index in [1.54, 1.807) is 7.11 Å². The van der Waals surface area contributed by atoms with Gasteiger partial charge in [-0.25, -0.2) is 0 Å². The molecule has 0 bridgehead atoms. The van der Waals surface area contributed by atoms with Gasteiger partial charge in [-0.3, -0.25) is 0 Å². The molecule has 3 rings (SSSR count). The van der Waals surface area contributed by atoms with Crippen molar-refractivity contribution in [2.45, 2.75) is 45.6 Å². The Labute approximate surface area is 146 Å². The van der Waals surface area contributed by atoms with E-state index in [0.717, 1.165) is 19.6 Å². The van der Waals surface area contributed by atoms with Crippen molar-refractivity contribution in [3.63, 3.8) is 0 Å². The SMILES string of the molecule is Cc1[te]c2ccccc2[n+]1CCC1COC(C)(C)O1.[I-]. The number of rotatable bonds is 3. The predicted octanol–water partition coefficient (Wildman–Crippen LogP) is -0.962. The summed E-state index contributed by atoms with van der Waals surface area (Å²) in [5.74, 6) is -0.402. The zero-order chi connectivity index (χ0) is 13.5. The van der Waals surface area contributed by atoms with Crippen LogP contribution in [0, 0.1) is 6.92 Å². The summed E-state index contributed by atoms with van der Waals surface area (Å²) in [6.45, 7) is 8.01. The Morgan fingerprint density at radius 1 is 1.35 bits per heavy atom. The maximum atomic E-state index is 5.88. The molecule has 0 radical (unpaired) electrons. The molecule has 0 N–H and O–H groups in total. The summed E-state index contributed by atoms with van der Waals surface area (Å²) in [6.07, 6.45) is 1.26. The summed E-state index contributed by atoms with van der Waals surface area (Å²) < 4.78 is 17.1. The van der Waals surface area contributed by atoms with E-state index < -0.39 is 5.79 Å². The van der Waals surface area contributed by atoms with Gasteiger partial charge < -0.3 is 24.0 Å². The van der Waals surface area contributed by atoms with Crippen molar-refractivity contribution in [1.82, 2.24) is 0 Å². The van der Waals surface area contributed by atoms with E-state index in [0.29, 0.717) is 0 Å². The molecule has 0 saturated carbocycles. The van der Waals surface area contributed by atoms with E-state index in [4.69, 9.17) is 9.47 Å². The van der Waals surface area contributed by atoms with E-state index in [9.17, 15) is 0 Å². The van der Waals surface area contributed by atoms with Crippen LogP contribution in [-0.2, 0) is 16.0 Å². The van der Waals surface area contributed by atoms with Crippen molar-refractivity contribution >= 4 is 29.3 Å². The first-order valence-corrected chi connectivity index (χ1v) is 9.08. The number of fused-ring (bicyclic) bond motifs is 1. The zero-order valence-corrected chi connectivity index (χ0v) is 16.5. The maximum Gasteiger partial charge on any atom is -1.00 e. The number of halogens is 1. The molecule has 1 unspecified atom stereocenters. The third kappa shape index (κ3) is 3.56. The molecule has 1 atom stereocenters. The number of benzene rings is 1. The molecule has 110 valence electrons. The van der Waals surface area contributed by atoms with E-state index in [-0.39, 0.29) is 50.5 Å². The molecule has 2 aromatic rings. The topological polar surface area (TPSA) is 22.3 Å². The van der Waals surface area contributed by atoms with Gasteiger partial charge in [0.1, 0.15) is 0 Å². The summed E-state index contributed by atoms with van der Waals surface area (Å²) >= 11 is -0.142. The molecule has 1 aromatic carbocycles. The molecule has 1 aromatic heterocycles. The predicted molar refractivity (Wildman–Crippen MR) is 75.3 cm³/mol. The molecule has 20 heavy (non-hydrogen) atoms. The monoisotopic (exact) mass is 503 g/mol. The van der Waals surface area contributed by atoms with Crippen molar-refractivity contribution in [2.24, 2.45) is 0 Å². The normalized spacial score (nSPS) is 21.1. The maximum absolute atomic E-state index is 5.88. The van der Waals surface area contributed by atoms with Crippen molar-refractivity contribution in [1.29, 1.82) is 0 Å². The Morgan fingerprint density at radius 3 is 2.80 bits per heavy atom. The van der Waals surface area contributed by atoms with Gasteiger partial charge in [0.2, 0.25) is 0 Å². The number of ether oxygens (including phenoxy) is 2. The van der Waals surface area contributed by atoms with Crippen LogP contribution in [0.3, 0.4) is 0 Å². The van der Waals surface area contributed by atoms with E-state index in [1.165, 1.54) is 5.52 Å². The molecule has 2 heterocycles. The Balaban J connectivity index is 0.00000147. The average molecular weight is 501 g/mol. The largest absolute Gasteiger partial charge is 1.00 e. The van der Waals surface area contributed by atoms with Crippen LogP contribution >= 0.6 is 0 Å². The number of hydrogen-bond donors (Lipinski definition) is 0. The summed E-state index contributed by atoms with van der Waals surface area (Å²) in [5.41, 5.74) is 1.42. The minimum atomic E-state index is -0.402. The number of aryl methyl sites for hydroxylation is 2. The van der Waals surface area contributed by atoms with Gasteiger partial charge in [-0.15, -0.1) is 0 Å². The first-order valence-electron chi connectivity index (χ1n) is 6.75. The molecular formula is C15H20INO2Te. The van der Waals surface area contributed by atoms with Gasteiger partial charge in [0.25, 0.3) is 0 Å². The van der Waals surface area contributed by atoms with Crippen LogP contribution < -0.4 is 28.5 Å². The number of para-hydroxylation sites is 1. The van der Waals surface area contributed by atoms with Crippen LogP contribution in [0.4, 0.5) is 0 Å². The summed E-state index contributed by atoms with van der Waals surface area (Å²) in [6, 6.07) is 8.80. The molecular weight excluding hydrogens is 481 g/mol. The summed E-state index contributed by atoms with van der Waals surface area (Å²) in [4.78, 5) is 0. The molecule has 1 saturated heterocycles. The van der Waals surface area contributed by atoms with Gasteiger partial charge in [0.05, 0.1) is 0 Å². The zero-order valence-electron chi connectivity index (χ0n) is 12.1. The minimum absolute atomic E-state index is 0. The van der Waals surface area contributed by atoms with Gasteiger partial charge in [-0.2, -0.15) is 0 Å². The first kappa shape index (κ1) is 16.7. The molecule has 1 aliphatic heterocycles. The molecule has 0 aliphatic carbocycles.